The van der Waals surface area contributed by atoms with E-state index in [9.17, 15) is 19.5 Å². The molecule has 0 atom stereocenters. The standard InChI is InChI=1S/C25H35N3O5S/c1-3-4-5-6-7-11-15-27-25(32)28-23-20(24(30)31)18(2)21(34-23)22(29)26-16-12-17-33-19-13-9-8-10-14-19/h8-10,13-14H,3-7,11-12,15-17H2,1-2H3,(H,26,29)(H,30,31)(H2,27,28,32). The third-order valence-electron chi connectivity index (χ3n) is 5.23. The Kier molecular flexibility index (Phi) is 12.0. The molecule has 0 radical (unpaired) electrons. The first-order valence-electron chi connectivity index (χ1n) is 11.8. The molecule has 186 valence electrons. The molecule has 1 heterocycles. The van der Waals surface area contributed by atoms with Gasteiger partial charge in [0, 0.05) is 13.1 Å². The molecule has 2 rings (SSSR count). The fourth-order valence-corrected chi connectivity index (χ4v) is 4.50. The largest absolute Gasteiger partial charge is 0.494 e. The van der Waals surface area contributed by atoms with Gasteiger partial charge in [0.1, 0.15) is 10.8 Å². The van der Waals surface area contributed by atoms with Crippen molar-refractivity contribution in [2.75, 3.05) is 25.0 Å². The van der Waals surface area contributed by atoms with Gasteiger partial charge in [-0.15, -0.1) is 11.3 Å². The maximum atomic E-state index is 12.6. The Bertz CT molecular complexity index is 930. The molecule has 0 saturated heterocycles. The van der Waals surface area contributed by atoms with Crippen molar-refractivity contribution in [1.82, 2.24) is 10.6 Å². The summed E-state index contributed by atoms with van der Waals surface area (Å²) in [7, 11) is 0. The van der Waals surface area contributed by atoms with Gasteiger partial charge >= 0.3 is 12.0 Å². The second-order valence-electron chi connectivity index (χ2n) is 7.99. The average molecular weight is 490 g/mol. The molecular weight excluding hydrogens is 454 g/mol. The lowest BCUT2D eigenvalue weighted by Gasteiger charge is -2.07. The number of carbonyl (C=O) groups is 3. The number of carboxylic acid groups (broad SMARTS) is 1. The van der Waals surface area contributed by atoms with E-state index >= 15 is 0 Å². The third-order valence-corrected chi connectivity index (χ3v) is 6.43. The van der Waals surface area contributed by atoms with Crippen LogP contribution in [0.5, 0.6) is 5.75 Å². The molecule has 3 amide bonds. The van der Waals surface area contributed by atoms with Crippen molar-refractivity contribution in [2.24, 2.45) is 0 Å². The topological polar surface area (TPSA) is 117 Å². The van der Waals surface area contributed by atoms with Gasteiger partial charge in [0.2, 0.25) is 0 Å². The highest BCUT2D eigenvalue weighted by Gasteiger charge is 2.25. The molecular formula is C25H35N3O5S. The number of aromatic carboxylic acids is 1. The Morgan fingerprint density at radius 2 is 1.62 bits per heavy atom. The fourth-order valence-electron chi connectivity index (χ4n) is 3.39. The molecule has 1 aromatic carbocycles. The zero-order chi connectivity index (χ0) is 24.8. The van der Waals surface area contributed by atoms with E-state index in [2.05, 4.69) is 22.9 Å². The van der Waals surface area contributed by atoms with Crippen LogP contribution >= 0.6 is 11.3 Å². The number of hydrogen-bond donors (Lipinski definition) is 4. The Balaban J connectivity index is 1.83. The van der Waals surface area contributed by atoms with Gasteiger partial charge in [-0.3, -0.25) is 10.1 Å². The number of carbonyl (C=O) groups excluding carboxylic acids is 2. The van der Waals surface area contributed by atoms with Gasteiger partial charge in [0.15, 0.2) is 0 Å². The number of urea groups is 1. The number of amides is 3. The summed E-state index contributed by atoms with van der Waals surface area (Å²) in [5.74, 6) is -0.792. The highest BCUT2D eigenvalue weighted by atomic mass is 32.1. The maximum absolute atomic E-state index is 12.6. The predicted molar refractivity (Wildman–Crippen MR) is 135 cm³/mol. The van der Waals surface area contributed by atoms with Crippen LogP contribution in [0.2, 0.25) is 0 Å². The predicted octanol–water partition coefficient (Wildman–Crippen LogP) is 5.44. The summed E-state index contributed by atoms with van der Waals surface area (Å²) < 4.78 is 5.60. The number of benzene rings is 1. The van der Waals surface area contributed by atoms with Crippen LogP contribution in [-0.2, 0) is 0 Å². The summed E-state index contributed by atoms with van der Waals surface area (Å²) in [4.78, 5) is 36.9. The molecule has 0 aliphatic heterocycles. The van der Waals surface area contributed by atoms with Gasteiger partial charge in [-0.05, 0) is 37.5 Å². The minimum Gasteiger partial charge on any atom is -0.494 e. The maximum Gasteiger partial charge on any atom is 0.339 e. The van der Waals surface area contributed by atoms with Crippen LogP contribution in [0.15, 0.2) is 30.3 Å². The molecule has 0 bridgehead atoms. The number of hydrogen-bond acceptors (Lipinski definition) is 5. The summed E-state index contributed by atoms with van der Waals surface area (Å²) in [6.07, 6.45) is 7.26. The van der Waals surface area contributed by atoms with Crippen LogP contribution in [0.1, 0.15) is 77.5 Å². The molecule has 2 aromatic rings. The van der Waals surface area contributed by atoms with Gasteiger partial charge in [0.05, 0.1) is 17.0 Å². The highest BCUT2D eigenvalue weighted by molar-refractivity contribution is 7.18. The third kappa shape index (κ3) is 9.05. The summed E-state index contributed by atoms with van der Waals surface area (Å²) >= 11 is 0.968. The van der Waals surface area contributed by atoms with E-state index in [-0.39, 0.29) is 21.3 Å². The molecule has 9 heteroatoms. The Hall–Kier alpha value is -3.07. The molecule has 0 spiro atoms. The van der Waals surface area contributed by atoms with Crippen LogP contribution in [-0.4, -0.2) is 42.7 Å². The van der Waals surface area contributed by atoms with Crippen molar-refractivity contribution < 1.29 is 24.2 Å². The molecule has 0 saturated carbocycles. The van der Waals surface area contributed by atoms with E-state index in [1.165, 1.54) is 19.3 Å². The van der Waals surface area contributed by atoms with Crippen molar-refractivity contribution >= 4 is 34.2 Å². The molecule has 0 aliphatic rings. The zero-order valence-electron chi connectivity index (χ0n) is 19.9. The lowest BCUT2D eigenvalue weighted by Crippen LogP contribution is -2.29. The Morgan fingerprint density at radius 3 is 2.32 bits per heavy atom. The van der Waals surface area contributed by atoms with Gasteiger partial charge in [-0.2, -0.15) is 0 Å². The first-order valence-corrected chi connectivity index (χ1v) is 12.6. The summed E-state index contributed by atoms with van der Waals surface area (Å²) in [5.41, 5.74) is 0.277. The molecule has 0 unspecified atom stereocenters. The lowest BCUT2D eigenvalue weighted by atomic mass is 10.1. The number of unbranched alkanes of at least 4 members (excludes halogenated alkanes) is 5. The van der Waals surface area contributed by atoms with E-state index in [1.54, 1.807) is 6.92 Å². The van der Waals surface area contributed by atoms with Crippen molar-refractivity contribution in [1.29, 1.82) is 0 Å². The molecule has 34 heavy (non-hydrogen) atoms. The molecule has 0 fully saturated rings. The van der Waals surface area contributed by atoms with Crippen molar-refractivity contribution in [3.05, 3.63) is 46.3 Å². The summed E-state index contributed by atoms with van der Waals surface area (Å²) in [5, 5.41) is 17.9. The van der Waals surface area contributed by atoms with E-state index in [0.717, 1.165) is 36.3 Å². The molecule has 0 aliphatic carbocycles. The van der Waals surface area contributed by atoms with Crippen LogP contribution in [0.25, 0.3) is 0 Å². The Morgan fingerprint density at radius 1 is 0.941 bits per heavy atom. The monoisotopic (exact) mass is 489 g/mol. The van der Waals surface area contributed by atoms with Crippen molar-refractivity contribution in [3.8, 4) is 5.75 Å². The van der Waals surface area contributed by atoms with Crippen LogP contribution < -0.4 is 20.7 Å². The van der Waals surface area contributed by atoms with Gasteiger partial charge in [-0.1, -0.05) is 57.2 Å². The van der Waals surface area contributed by atoms with Crippen molar-refractivity contribution in [3.63, 3.8) is 0 Å². The normalized spacial score (nSPS) is 10.5. The number of nitrogens with one attached hydrogen (secondary N) is 3. The quantitative estimate of drug-likeness (QED) is 0.249. The van der Waals surface area contributed by atoms with Crippen LogP contribution in [0.4, 0.5) is 9.80 Å². The van der Waals surface area contributed by atoms with Crippen LogP contribution in [0.3, 0.4) is 0 Å². The summed E-state index contributed by atoms with van der Waals surface area (Å²) in [6, 6.07) is 8.93. The SMILES string of the molecule is CCCCCCCCNC(=O)Nc1sc(C(=O)NCCCOc2ccccc2)c(C)c1C(=O)O. The number of rotatable bonds is 15. The lowest BCUT2D eigenvalue weighted by molar-refractivity contribution is 0.0697. The minimum atomic E-state index is -1.18. The van der Waals surface area contributed by atoms with Crippen LogP contribution in [0, 0.1) is 6.92 Å². The van der Waals surface area contributed by atoms with Gasteiger partial charge < -0.3 is 20.5 Å². The van der Waals surface area contributed by atoms with Gasteiger partial charge in [-0.25, -0.2) is 9.59 Å². The van der Waals surface area contributed by atoms with E-state index in [4.69, 9.17) is 4.74 Å². The molecule has 1 aromatic heterocycles. The second-order valence-corrected chi connectivity index (χ2v) is 9.01. The summed E-state index contributed by atoms with van der Waals surface area (Å²) in [6.45, 7) is 5.09. The van der Waals surface area contributed by atoms with Gasteiger partial charge in [0.25, 0.3) is 5.91 Å². The number of thiophene rings is 1. The first kappa shape index (κ1) is 27.2. The number of para-hydroxylation sites is 1. The van der Waals surface area contributed by atoms with Crippen molar-refractivity contribution in [2.45, 2.75) is 58.8 Å². The number of ether oxygens (including phenoxy) is 1. The minimum absolute atomic E-state index is 0.0581. The highest BCUT2D eigenvalue weighted by Crippen LogP contribution is 2.33. The average Bonchev–Trinajstić information content (AvgIpc) is 3.14. The van der Waals surface area contributed by atoms with E-state index in [0.29, 0.717) is 31.7 Å². The second kappa shape index (κ2) is 15.0. The number of carboxylic acids is 1. The number of anilines is 1. The Labute approximate surface area is 205 Å². The molecule has 8 nitrogen and oxygen atoms in total. The smallest absolute Gasteiger partial charge is 0.339 e. The fraction of sp³-hybridized carbons (Fsp3) is 0.480. The van der Waals surface area contributed by atoms with E-state index < -0.39 is 12.0 Å². The first-order chi connectivity index (χ1) is 16.4. The van der Waals surface area contributed by atoms with E-state index in [1.807, 2.05) is 30.3 Å². The zero-order valence-corrected chi connectivity index (χ0v) is 20.8. The molecule has 4 N–H and O–H groups in total.